The molecule has 190 valence electrons. The van der Waals surface area contributed by atoms with E-state index in [9.17, 15) is 8.42 Å². The second kappa shape index (κ2) is 12.0. The topological polar surface area (TPSA) is 97.8 Å². The normalized spacial score (nSPS) is 16.6. The van der Waals surface area contributed by atoms with Gasteiger partial charge in [-0.15, -0.1) is 0 Å². The van der Waals surface area contributed by atoms with Crippen LogP contribution in [0.5, 0.6) is 5.88 Å². The molecule has 1 atom stereocenters. The summed E-state index contributed by atoms with van der Waals surface area (Å²) in [6.07, 6.45) is 5.03. The molecule has 0 aliphatic carbocycles. The van der Waals surface area contributed by atoms with Gasteiger partial charge in [0, 0.05) is 57.1 Å². The molecule has 0 radical (unpaired) electrons. The molecule has 1 aromatic carbocycles. The van der Waals surface area contributed by atoms with Crippen LogP contribution in [0.25, 0.3) is 22.3 Å². The van der Waals surface area contributed by atoms with E-state index in [1.807, 2.05) is 49.3 Å². The highest BCUT2D eigenvalue weighted by Crippen LogP contribution is 2.28. The van der Waals surface area contributed by atoms with Crippen LogP contribution in [0.1, 0.15) is 6.42 Å². The lowest BCUT2D eigenvalue weighted by molar-refractivity contribution is -0.0481. The predicted octanol–water partition coefficient (Wildman–Crippen LogP) is 2.38. The van der Waals surface area contributed by atoms with Crippen LogP contribution in [-0.4, -0.2) is 93.3 Å². The van der Waals surface area contributed by atoms with Gasteiger partial charge in [0.1, 0.15) is 22.5 Å². The van der Waals surface area contributed by atoms with Crippen LogP contribution in [-0.2, 0) is 14.6 Å². The fourth-order valence-electron chi connectivity index (χ4n) is 3.93. The van der Waals surface area contributed by atoms with Crippen LogP contribution in [0.4, 0.5) is 5.69 Å². The summed E-state index contributed by atoms with van der Waals surface area (Å²) in [5, 5.41) is 0. The zero-order valence-electron chi connectivity index (χ0n) is 20.3. The monoisotopic (exact) mass is 519 g/mol. The third-order valence-corrected chi connectivity index (χ3v) is 6.75. The van der Waals surface area contributed by atoms with Gasteiger partial charge in [0.25, 0.3) is 0 Å². The third-order valence-electron chi connectivity index (χ3n) is 5.72. The highest BCUT2D eigenvalue weighted by molar-refractivity contribution is 7.90. The maximum Gasteiger partial charge on any atom is 0.242 e. The van der Waals surface area contributed by atoms with Crippen molar-refractivity contribution in [3.8, 4) is 17.1 Å². The van der Waals surface area contributed by atoms with Crippen molar-refractivity contribution >= 4 is 40.1 Å². The number of ether oxygens (including phenoxy) is 2. The minimum atomic E-state index is -2.95. The van der Waals surface area contributed by atoms with Gasteiger partial charge in [-0.2, -0.15) is 13.5 Å². The van der Waals surface area contributed by atoms with E-state index >= 15 is 0 Å². The molecule has 4 rings (SSSR count). The average Bonchev–Trinajstić information content (AvgIpc) is 2.82. The van der Waals surface area contributed by atoms with E-state index in [-0.39, 0.29) is 25.4 Å². The van der Waals surface area contributed by atoms with Crippen LogP contribution < -0.4 is 9.64 Å². The van der Waals surface area contributed by atoms with Crippen molar-refractivity contribution in [2.45, 2.75) is 12.5 Å². The molecule has 0 saturated carbocycles. The van der Waals surface area contributed by atoms with Crippen molar-refractivity contribution in [2.24, 2.45) is 0 Å². The van der Waals surface area contributed by atoms with Crippen LogP contribution in [0, 0.1) is 0 Å². The molecule has 0 amide bonds. The molecule has 35 heavy (non-hydrogen) atoms. The number of fused-ring (bicyclic) bond motifs is 1. The second-order valence-corrected chi connectivity index (χ2v) is 11.0. The Balaban J connectivity index is 0.00000342. The lowest BCUT2D eigenvalue weighted by Gasteiger charge is -2.32. The first kappa shape index (κ1) is 27.1. The van der Waals surface area contributed by atoms with E-state index in [4.69, 9.17) is 14.5 Å². The fourth-order valence-corrected chi connectivity index (χ4v) is 4.58. The molecule has 1 fully saturated rings. The maximum atomic E-state index is 11.4. The molecule has 1 aliphatic rings. The molecule has 0 unspecified atom stereocenters. The van der Waals surface area contributed by atoms with E-state index < -0.39 is 9.84 Å². The molecule has 1 saturated heterocycles. The Morgan fingerprint density at radius 3 is 2.63 bits per heavy atom. The summed E-state index contributed by atoms with van der Waals surface area (Å²) in [6, 6.07) is 10.1. The predicted molar refractivity (Wildman–Crippen MR) is 143 cm³/mol. The smallest absolute Gasteiger partial charge is 0.242 e. The highest BCUT2D eigenvalue weighted by Gasteiger charge is 2.22. The number of morpholine rings is 1. The third kappa shape index (κ3) is 7.50. The molecule has 3 heterocycles. The van der Waals surface area contributed by atoms with E-state index in [0.717, 1.165) is 30.0 Å². The number of hydrogen-bond acceptors (Lipinski definition) is 9. The van der Waals surface area contributed by atoms with Gasteiger partial charge in [0.15, 0.2) is 5.52 Å². The van der Waals surface area contributed by atoms with Crippen molar-refractivity contribution in [1.82, 2.24) is 19.9 Å². The van der Waals surface area contributed by atoms with Gasteiger partial charge >= 0.3 is 0 Å². The summed E-state index contributed by atoms with van der Waals surface area (Å²) in [4.78, 5) is 17.9. The van der Waals surface area contributed by atoms with Gasteiger partial charge in [-0.1, -0.05) is 12.1 Å². The maximum absolute atomic E-state index is 11.4. The molecule has 11 heteroatoms. The minimum absolute atomic E-state index is 0. The van der Waals surface area contributed by atoms with Crippen LogP contribution in [0.15, 0.2) is 42.7 Å². The summed E-state index contributed by atoms with van der Waals surface area (Å²) in [6.45, 7) is 3.09. The Bertz CT molecular complexity index is 1220. The number of benzene rings is 1. The van der Waals surface area contributed by atoms with E-state index in [2.05, 4.69) is 14.9 Å². The highest BCUT2D eigenvalue weighted by atomic mass is 32.2. The van der Waals surface area contributed by atoms with E-state index in [0.29, 0.717) is 43.1 Å². The quantitative estimate of drug-likeness (QED) is 0.422. The minimum Gasteiger partial charge on any atom is -0.473 e. The van der Waals surface area contributed by atoms with Gasteiger partial charge in [0.05, 0.1) is 23.6 Å². The molecule has 2 aromatic heterocycles. The summed E-state index contributed by atoms with van der Waals surface area (Å²) in [5.74, 6) is 0.623. The number of nitrogens with zero attached hydrogens (tertiary/aromatic N) is 5. The molecular weight excluding hydrogens is 486 g/mol. The van der Waals surface area contributed by atoms with E-state index in [1.54, 1.807) is 12.4 Å². The van der Waals surface area contributed by atoms with Crippen LogP contribution in [0.3, 0.4) is 0 Å². The largest absolute Gasteiger partial charge is 0.473 e. The Kier molecular flexibility index (Phi) is 9.28. The van der Waals surface area contributed by atoms with Crippen molar-refractivity contribution in [1.29, 1.82) is 0 Å². The Morgan fingerprint density at radius 1 is 1.17 bits per heavy atom. The zero-order chi connectivity index (χ0) is 24.1. The molecule has 0 N–H and O–H groups in total. The summed E-state index contributed by atoms with van der Waals surface area (Å²) in [5.41, 5.74) is 4.16. The van der Waals surface area contributed by atoms with Crippen LogP contribution >= 0.6 is 13.5 Å². The first-order valence-electron chi connectivity index (χ1n) is 11.3. The molecule has 9 nitrogen and oxygen atoms in total. The van der Waals surface area contributed by atoms with Gasteiger partial charge in [-0.3, -0.25) is 9.88 Å². The van der Waals surface area contributed by atoms with Gasteiger partial charge < -0.3 is 14.4 Å². The zero-order valence-corrected chi connectivity index (χ0v) is 22.2. The summed E-state index contributed by atoms with van der Waals surface area (Å²) in [7, 11) is 1.06. The van der Waals surface area contributed by atoms with Crippen molar-refractivity contribution < 1.29 is 17.9 Å². The number of pyridine rings is 1. The molecule has 3 aromatic rings. The SMILES string of the molecule is CN(C)c1ccc(-c2cc3nccnc3c(OC[C@@H]3CN(CCCS(C)(=O)=O)CCO3)n2)cc1.S. The number of anilines is 1. The molecule has 0 spiro atoms. The first-order chi connectivity index (χ1) is 16.3. The van der Waals surface area contributed by atoms with Gasteiger partial charge in [-0.25, -0.2) is 18.4 Å². The lowest BCUT2D eigenvalue weighted by Crippen LogP contribution is -2.45. The average molecular weight is 520 g/mol. The standard InChI is InChI=1S/C24H31N5O4S.H2S/c1-28(2)19-7-5-18(6-8-19)21-15-22-23(26-10-9-25-22)24(27-21)33-17-20-16-29(12-13-32-20)11-4-14-34(3,30)31;/h5-10,15,20H,4,11-14,16-17H2,1-3H3;1H2/t20-;/m0./s1. The second-order valence-electron chi connectivity index (χ2n) is 8.77. The Labute approximate surface area is 213 Å². The fraction of sp³-hybridized carbons (Fsp3) is 0.458. The number of aromatic nitrogens is 3. The van der Waals surface area contributed by atoms with Crippen molar-refractivity contribution in [3.63, 3.8) is 0 Å². The number of rotatable bonds is 9. The van der Waals surface area contributed by atoms with Crippen molar-refractivity contribution in [2.75, 3.05) is 63.9 Å². The van der Waals surface area contributed by atoms with Crippen LogP contribution in [0.2, 0.25) is 0 Å². The Hall–Kier alpha value is -2.47. The first-order valence-corrected chi connectivity index (χ1v) is 13.4. The molecular formula is C24H33N5O4S2. The molecule has 0 bridgehead atoms. The molecule has 1 aliphatic heterocycles. The number of sulfone groups is 1. The summed E-state index contributed by atoms with van der Waals surface area (Å²) < 4.78 is 34.8. The number of hydrogen-bond donors (Lipinski definition) is 0. The van der Waals surface area contributed by atoms with E-state index in [1.165, 1.54) is 6.26 Å². The Morgan fingerprint density at radius 2 is 1.91 bits per heavy atom. The lowest BCUT2D eigenvalue weighted by atomic mass is 10.1. The summed E-state index contributed by atoms with van der Waals surface area (Å²) >= 11 is 0. The van der Waals surface area contributed by atoms with Gasteiger partial charge in [0.2, 0.25) is 5.88 Å². The van der Waals surface area contributed by atoms with Crippen molar-refractivity contribution in [3.05, 3.63) is 42.7 Å². The van der Waals surface area contributed by atoms with Gasteiger partial charge in [-0.05, 0) is 31.2 Å².